The van der Waals surface area contributed by atoms with Gasteiger partial charge in [-0.05, 0) is 17.2 Å². The lowest BCUT2D eigenvalue weighted by Crippen LogP contribution is -2.67. The average Bonchev–Trinajstić information content (AvgIpc) is 3.89. The lowest BCUT2D eigenvalue weighted by atomic mass is 9.92. The van der Waals surface area contributed by atoms with E-state index in [1.807, 2.05) is 0 Å². The molecule has 5 unspecified atom stereocenters. The summed E-state index contributed by atoms with van der Waals surface area (Å²) in [6, 6.07) is 0.333. The molecule has 5 rings (SSSR count). The Morgan fingerprint density at radius 3 is 1.82 bits per heavy atom. The zero-order chi connectivity index (χ0) is 44.5. The molecule has 1 fully saturated rings. The number of hydrogen-bond donors (Lipinski definition) is 14. The van der Waals surface area contributed by atoms with E-state index in [2.05, 4.69) is 52.5 Å². The quantitative estimate of drug-likeness (QED) is 0.0780. The molecule has 0 saturated carbocycles. The zero-order valence-corrected chi connectivity index (χ0v) is 32.5. The SMILES string of the molecule is CC(c1ccccc1)[C@@H]1NC(=O)CNC(=O)[C@H](CO)NC(=O)[C@H](C(O)C2CN=C(N)N2)NC(=O)[C@H](C(O)C2CN=C(N)N2)NC(=O)[C@H](Cc2ccc(O)c([N+](=O)[O-])c2)NC1=O. The van der Waals surface area contributed by atoms with Crippen LogP contribution < -0.4 is 54.0 Å². The van der Waals surface area contributed by atoms with Crippen molar-refractivity contribution in [1.29, 1.82) is 0 Å². The van der Waals surface area contributed by atoms with E-state index >= 15 is 0 Å². The lowest BCUT2D eigenvalue weighted by Gasteiger charge is -2.33. The van der Waals surface area contributed by atoms with Crippen LogP contribution in [0.3, 0.4) is 0 Å². The zero-order valence-electron chi connectivity index (χ0n) is 32.5. The Labute approximate surface area is 346 Å². The number of nitrogens with zero attached hydrogens (tertiary/aromatic N) is 3. The Morgan fingerprint density at radius 2 is 1.28 bits per heavy atom. The number of aliphatic hydroxyl groups excluding tert-OH is 3. The predicted molar refractivity (Wildman–Crippen MR) is 212 cm³/mol. The van der Waals surface area contributed by atoms with Crippen molar-refractivity contribution in [2.75, 3.05) is 26.2 Å². The molecule has 3 aliphatic heterocycles. The number of phenols is 1. The van der Waals surface area contributed by atoms with Crippen molar-refractivity contribution in [1.82, 2.24) is 42.5 Å². The molecule has 328 valence electrons. The van der Waals surface area contributed by atoms with Gasteiger partial charge in [-0.15, -0.1) is 0 Å². The van der Waals surface area contributed by atoms with Crippen LogP contribution in [-0.4, -0.2) is 153 Å². The van der Waals surface area contributed by atoms with Crippen LogP contribution in [0, 0.1) is 10.1 Å². The van der Waals surface area contributed by atoms with Crippen LogP contribution in [0.4, 0.5) is 5.69 Å². The molecule has 0 aromatic heterocycles. The standard InChI is InChI=1S/C36H47N13O12/c1-15(17-5-3-2-4-6-17)25-32(57)42-18(9-16-7-8-23(51)22(10-16)49(60)61)31(56)47-27(29(54)20-12-41-36(38)45-20)34(59)48-26(28(53)19-11-40-35(37)44-19)33(58)43-21(14-50)30(55)39-13-24(52)46-25/h2-8,10,15,18-21,25-29,50-51,53-54H,9,11-14H2,1H3,(H,39,55)(H,42,57)(H,43,58)(H,46,52)(H,47,56)(H,48,59)(H3,37,40,44)(H3,38,41,45)/t15?,18-,19?,20?,21-,25-,26-,27-,28?,29?/m0/s1. The Balaban J connectivity index is 1.59. The largest absolute Gasteiger partial charge is 0.502 e. The third-order valence-corrected chi connectivity index (χ3v) is 10.2. The number of nitro benzene ring substituents is 1. The number of carbonyl (C=O) groups is 6. The van der Waals surface area contributed by atoms with Gasteiger partial charge in [0.05, 0.1) is 43.2 Å². The van der Waals surface area contributed by atoms with Gasteiger partial charge in [0.1, 0.15) is 42.4 Å². The molecule has 25 nitrogen and oxygen atoms in total. The minimum atomic E-state index is -2.05. The second-order valence-electron chi connectivity index (χ2n) is 14.5. The van der Waals surface area contributed by atoms with Gasteiger partial charge >= 0.3 is 5.69 Å². The van der Waals surface area contributed by atoms with E-state index in [4.69, 9.17) is 11.5 Å². The highest BCUT2D eigenvalue weighted by Crippen LogP contribution is 2.27. The topological polar surface area (TPSA) is 399 Å². The fourth-order valence-electron chi connectivity index (χ4n) is 6.80. The van der Waals surface area contributed by atoms with Crippen LogP contribution in [0.15, 0.2) is 58.5 Å². The molecule has 10 atom stereocenters. The van der Waals surface area contributed by atoms with Crippen molar-refractivity contribution < 1.29 is 54.1 Å². The second-order valence-corrected chi connectivity index (χ2v) is 14.5. The molecule has 16 N–H and O–H groups in total. The molecule has 0 aliphatic carbocycles. The van der Waals surface area contributed by atoms with Crippen molar-refractivity contribution in [3.8, 4) is 5.75 Å². The van der Waals surface area contributed by atoms with Crippen molar-refractivity contribution in [3.63, 3.8) is 0 Å². The van der Waals surface area contributed by atoms with Crippen molar-refractivity contribution in [2.24, 2.45) is 21.5 Å². The van der Waals surface area contributed by atoms with Gasteiger partial charge in [-0.3, -0.25) is 48.9 Å². The van der Waals surface area contributed by atoms with Gasteiger partial charge in [-0.1, -0.05) is 43.3 Å². The maximum absolute atomic E-state index is 14.4. The van der Waals surface area contributed by atoms with E-state index in [1.54, 1.807) is 37.3 Å². The van der Waals surface area contributed by atoms with Crippen LogP contribution in [0.1, 0.15) is 24.0 Å². The number of carbonyl (C=O) groups excluding carboxylic acids is 6. The molecule has 6 amide bonds. The lowest BCUT2D eigenvalue weighted by molar-refractivity contribution is -0.385. The van der Waals surface area contributed by atoms with Gasteiger partial charge in [0.25, 0.3) is 0 Å². The number of benzene rings is 2. The second kappa shape index (κ2) is 19.8. The number of hydrogen-bond acceptors (Lipinski definition) is 18. The first-order chi connectivity index (χ1) is 29.0. The Hall–Kier alpha value is -7.12. The van der Waals surface area contributed by atoms with Gasteiger partial charge in [0.15, 0.2) is 17.7 Å². The molecule has 3 heterocycles. The van der Waals surface area contributed by atoms with Gasteiger partial charge in [0, 0.05) is 18.4 Å². The minimum Gasteiger partial charge on any atom is -0.502 e. The highest BCUT2D eigenvalue weighted by molar-refractivity contribution is 5.98. The van der Waals surface area contributed by atoms with Crippen molar-refractivity contribution >= 4 is 53.0 Å². The van der Waals surface area contributed by atoms with Gasteiger partial charge in [-0.2, -0.15) is 0 Å². The molecule has 2 aromatic rings. The number of aliphatic hydroxyl groups is 3. The molecule has 3 aliphatic rings. The summed E-state index contributed by atoms with van der Waals surface area (Å²) in [5.41, 5.74) is 11.3. The highest BCUT2D eigenvalue weighted by Gasteiger charge is 2.43. The molecule has 61 heavy (non-hydrogen) atoms. The molecule has 0 radical (unpaired) electrons. The number of nitro groups is 1. The van der Waals surface area contributed by atoms with Crippen LogP contribution >= 0.6 is 0 Å². The molecular formula is C36H47N13O12. The third kappa shape index (κ3) is 11.1. The first-order valence-corrected chi connectivity index (χ1v) is 18.9. The van der Waals surface area contributed by atoms with Gasteiger partial charge in [0.2, 0.25) is 35.4 Å². The monoisotopic (exact) mass is 853 g/mol. The summed E-state index contributed by atoms with van der Waals surface area (Å²) in [7, 11) is 0. The normalized spacial score (nSPS) is 27.0. The summed E-state index contributed by atoms with van der Waals surface area (Å²) in [6.45, 7) is -0.609. The molecule has 2 aromatic carbocycles. The summed E-state index contributed by atoms with van der Waals surface area (Å²) in [4.78, 5) is 102. The third-order valence-electron chi connectivity index (χ3n) is 10.2. The molecule has 1 saturated heterocycles. The number of rotatable bonds is 10. The Morgan fingerprint density at radius 1 is 0.738 bits per heavy atom. The fourth-order valence-corrected chi connectivity index (χ4v) is 6.80. The number of guanidine groups is 2. The van der Waals surface area contributed by atoms with E-state index in [0.29, 0.717) is 5.56 Å². The van der Waals surface area contributed by atoms with E-state index in [-0.39, 0.29) is 30.6 Å². The average molecular weight is 854 g/mol. The van der Waals surface area contributed by atoms with Crippen LogP contribution in [0.5, 0.6) is 5.75 Å². The number of aliphatic imine (C=N–C) groups is 2. The van der Waals surface area contributed by atoms with Crippen molar-refractivity contribution in [3.05, 3.63) is 69.8 Å². The van der Waals surface area contributed by atoms with Gasteiger partial charge in [-0.25, -0.2) is 0 Å². The maximum atomic E-state index is 14.4. The summed E-state index contributed by atoms with van der Waals surface area (Å²) in [5, 5.41) is 74.4. The summed E-state index contributed by atoms with van der Waals surface area (Å²) in [5.74, 6) is -8.42. The summed E-state index contributed by atoms with van der Waals surface area (Å²) < 4.78 is 0. The van der Waals surface area contributed by atoms with Crippen molar-refractivity contribution in [2.45, 2.75) is 73.8 Å². The highest BCUT2D eigenvalue weighted by atomic mass is 16.6. The summed E-state index contributed by atoms with van der Waals surface area (Å²) in [6.07, 6.45) is -4.31. The first-order valence-electron chi connectivity index (χ1n) is 18.9. The smallest absolute Gasteiger partial charge is 0.310 e. The predicted octanol–water partition coefficient (Wildman–Crippen LogP) is -6.51. The van der Waals surface area contributed by atoms with Crippen LogP contribution in [0.2, 0.25) is 0 Å². The number of phenolic OH excluding ortho intramolecular Hbond substituents is 1. The first kappa shape index (κ1) is 45.0. The van der Waals surface area contributed by atoms with Gasteiger partial charge < -0.3 is 74.4 Å². The maximum Gasteiger partial charge on any atom is 0.310 e. The Bertz CT molecular complexity index is 2070. The number of nitrogens with two attached hydrogens (primary N) is 2. The minimum absolute atomic E-state index is 0.0375. The summed E-state index contributed by atoms with van der Waals surface area (Å²) >= 11 is 0. The Kier molecular flexibility index (Phi) is 14.6. The molecule has 0 bridgehead atoms. The number of nitrogens with one attached hydrogen (secondary N) is 8. The van der Waals surface area contributed by atoms with Crippen LogP contribution in [0.25, 0.3) is 0 Å². The molecule has 0 spiro atoms. The number of aromatic hydroxyl groups is 1. The van der Waals surface area contributed by atoms with Crippen LogP contribution in [-0.2, 0) is 35.2 Å². The molecule has 25 heteroatoms. The molecular weight excluding hydrogens is 806 g/mol. The van der Waals surface area contributed by atoms with E-state index < -0.39 is 132 Å². The fraction of sp³-hybridized carbons (Fsp3) is 0.444. The van der Waals surface area contributed by atoms with E-state index in [0.717, 1.165) is 12.1 Å². The van der Waals surface area contributed by atoms with E-state index in [9.17, 15) is 59.3 Å². The number of amides is 6. The van der Waals surface area contributed by atoms with E-state index in [1.165, 1.54) is 6.07 Å².